The summed E-state index contributed by atoms with van der Waals surface area (Å²) >= 11 is 0. The minimum atomic E-state index is -1.64. The van der Waals surface area contributed by atoms with E-state index in [4.69, 9.17) is 39.8 Å². The van der Waals surface area contributed by atoms with Crippen molar-refractivity contribution in [2.75, 3.05) is 24.7 Å². The van der Waals surface area contributed by atoms with Crippen molar-refractivity contribution in [2.45, 2.75) is 68.3 Å². The summed E-state index contributed by atoms with van der Waals surface area (Å²) in [6.45, 7) is 2.56. The van der Waals surface area contributed by atoms with Gasteiger partial charge in [-0.2, -0.15) is 0 Å². The molecule has 2 aliphatic heterocycles. The topological polar surface area (TPSA) is 284 Å². The maximum absolute atomic E-state index is 10.8. The van der Waals surface area contributed by atoms with Gasteiger partial charge in [0, 0.05) is 0 Å². The Morgan fingerprint density at radius 3 is 1.81 bits per heavy atom. The van der Waals surface area contributed by atoms with Crippen LogP contribution in [-0.4, -0.2) is 105 Å². The third kappa shape index (κ3) is 5.63. The highest BCUT2D eigenvalue weighted by atomic mass is 16.6. The molecule has 0 spiro atoms. The van der Waals surface area contributed by atoms with E-state index < -0.39 is 54.4 Å². The Morgan fingerprint density at radius 1 is 0.766 bits per heavy atom. The highest BCUT2D eigenvalue weighted by Crippen LogP contribution is 2.46. The van der Waals surface area contributed by atoms with E-state index >= 15 is 0 Å². The van der Waals surface area contributed by atoms with Gasteiger partial charge in [-0.15, -0.1) is 0 Å². The molecule has 0 amide bonds. The molecular formula is C29H34N8O10. The Bertz CT molecular complexity index is 1840. The van der Waals surface area contributed by atoms with Crippen LogP contribution in [0.1, 0.15) is 43.0 Å². The minimum absolute atomic E-state index is 0.116. The normalized spacial score (nSPS) is 30.5. The number of aliphatic hydroxyl groups excluding tert-OH is 4. The van der Waals surface area contributed by atoms with Gasteiger partial charge in [-0.25, -0.2) is 19.9 Å². The van der Waals surface area contributed by atoms with E-state index in [0.717, 1.165) is 5.56 Å². The maximum atomic E-state index is 10.8. The van der Waals surface area contributed by atoms with Crippen molar-refractivity contribution in [3.05, 3.63) is 59.9 Å². The largest absolute Gasteiger partial charge is 0.394 e. The lowest BCUT2D eigenvalue weighted by Crippen LogP contribution is -2.45. The number of hydrogen-bond donors (Lipinski definition) is 7. The van der Waals surface area contributed by atoms with Crippen molar-refractivity contribution in [1.29, 1.82) is 0 Å². The van der Waals surface area contributed by atoms with Crippen LogP contribution in [0.4, 0.5) is 11.6 Å². The van der Waals surface area contributed by atoms with E-state index in [-0.39, 0.29) is 41.7 Å². The van der Waals surface area contributed by atoms with E-state index in [1.54, 1.807) is 6.92 Å². The van der Waals surface area contributed by atoms with Crippen LogP contribution in [-0.2, 0) is 20.8 Å². The van der Waals surface area contributed by atoms with Gasteiger partial charge in [-0.1, -0.05) is 40.6 Å². The van der Waals surface area contributed by atoms with Gasteiger partial charge >= 0.3 is 0 Å². The third-order valence-corrected chi connectivity index (χ3v) is 8.43. The van der Waals surface area contributed by atoms with Gasteiger partial charge in [0.15, 0.2) is 11.6 Å². The summed E-state index contributed by atoms with van der Waals surface area (Å²) in [5.41, 5.74) is 11.2. The lowest BCUT2D eigenvalue weighted by molar-refractivity contribution is -0.127. The van der Waals surface area contributed by atoms with Gasteiger partial charge in [0.05, 0.1) is 19.8 Å². The molecule has 1 aromatic carbocycles. The zero-order valence-electron chi connectivity index (χ0n) is 25.2. The highest BCUT2D eigenvalue weighted by molar-refractivity contribution is 5.84. The second kappa shape index (κ2) is 12.7. The molecule has 4 aromatic heterocycles. The lowest BCUT2D eigenvalue weighted by Gasteiger charge is -2.32. The predicted molar refractivity (Wildman–Crippen MR) is 160 cm³/mol. The molecule has 47 heavy (non-hydrogen) atoms. The number of nitrogens with two attached hydrogens (primary N) is 2. The molecular weight excluding hydrogens is 620 g/mol. The summed E-state index contributed by atoms with van der Waals surface area (Å²) in [4.78, 5) is 15.8. The van der Waals surface area contributed by atoms with E-state index in [9.17, 15) is 20.4 Å². The standard InChI is InChI=1S/C18H20N4O5.C11H14N4O5/c1-18(25-8-10-5-3-2-4-6-10)15(24)11(7-23)26-16(18)13-12-14(27-22-13)17(19)21-9-20-12;1-11(18)8(17)4(2-16)19-9(11)6-5-7(20-15-6)10(12)14-3-13-5/h2-6,9,11,15-16,23-24H,7-8H2,1H3,(H2,19,20,21);3-4,8-9,16-18H,2H2,1H3,(H2,12,13,14)/t11?,15-,16+,18-;4?,8-,9+,11-/m11/s1. The smallest absolute Gasteiger partial charge is 0.227 e. The zero-order valence-corrected chi connectivity index (χ0v) is 25.2. The number of hydrogen-bond acceptors (Lipinski definition) is 18. The summed E-state index contributed by atoms with van der Waals surface area (Å²) in [6, 6.07) is 9.56. The number of nitrogen functional groups attached to an aromatic ring is 2. The van der Waals surface area contributed by atoms with E-state index in [2.05, 4.69) is 30.2 Å². The first-order chi connectivity index (χ1) is 22.5. The molecule has 0 saturated carbocycles. The summed E-state index contributed by atoms with van der Waals surface area (Å²) in [5.74, 6) is 0.272. The fourth-order valence-electron chi connectivity index (χ4n) is 5.70. The van der Waals surface area contributed by atoms with Crippen molar-refractivity contribution in [3.63, 3.8) is 0 Å². The number of rotatable bonds is 7. The van der Waals surface area contributed by atoms with Crippen molar-refractivity contribution < 1.29 is 48.8 Å². The molecule has 7 rings (SSSR count). The van der Waals surface area contributed by atoms with E-state index in [1.165, 1.54) is 19.6 Å². The number of fused-ring (bicyclic) bond motifs is 2. The minimum Gasteiger partial charge on any atom is -0.394 e. The Hall–Kier alpha value is -4.40. The number of aromatic nitrogens is 6. The Kier molecular flexibility index (Phi) is 8.76. The van der Waals surface area contributed by atoms with Crippen LogP contribution < -0.4 is 11.5 Å². The van der Waals surface area contributed by atoms with Crippen LogP contribution in [0.5, 0.6) is 0 Å². The lowest BCUT2D eigenvalue weighted by atomic mass is 9.90. The molecule has 9 N–H and O–H groups in total. The number of anilines is 2. The average molecular weight is 655 g/mol. The quantitative estimate of drug-likeness (QED) is 0.119. The molecule has 18 heteroatoms. The number of ether oxygens (including phenoxy) is 3. The van der Waals surface area contributed by atoms with Gasteiger partial charge < -0.3 is 60.3 Å². The first-order valence-electron chi connectivity index (χ1n) is 14.5. The van der Waals surface area contributed by atoms with Crippen molar-refractivity contribution in [3.8, 4) is 0 Å². The summed E-state index contributed by atoms with van der Waals surface area (Å²) in [6.07, 6.45) is -3.36. The molecule has 0 radical (unpaired) electrons. The van der Waals surface area contributed by atoms with Gasteiger partial charge in [0.1, 0.15) is 82.9 Å². The third-order valence-electron chi connectivity index (χ3n) is 8.43. The van der Waals surface area contributed by atoms with Gasteiger partial charge in [0.25, 0.3) is 0 Å². The predicted octanol–water partition coefficient (Wildman–Crippen LogP) is -0.287. The zero-order chi connectivity index (χ0) is 33.5. The first-order valence-corrected chi connectivity index (χ1v) is 14.5. The van der Waals surface area contributed by atoms with E-state index in [0.29, 0.717) is 16.7 Å². The van der Waals surface area contributed by atoms with Crippen molar-refractivity contribution in [2.24, 2.45) is 0 Å². The molecule has 5 aromatic rings. The molecule has 2 aliphatic rings. The summed E-state index contributed by atoms with van der Waals surface area (Å²) in [7, 11) is 0. The van der Waals surface area contributed by atoms with Gasteiger partial charge in [-0.3, -0.25) is 0 Å². The Morgan fingerprint density at radius 2 is 1.28 bits per heavy atom. The molecule has 250 valence electrons. The molecule has 0 aliphatic carbocycles. The maximum Gasteiger partial charge on any atom is 0.227 e. The summed E-state index contributed by atoms with van der Waals surface area (Å²) < 4.78 is 27.7. The number of aliphatic hydroxyl groups is 5. The SMILES string of the molecule is C[C@@]1(O)[C@H](O)C(CO)O[C@H]1c1noc2c(N)ncnc12.C[C@@]1(OCc2ccccc2)[C@H](O)C(CO)O[C@H]1c1noc2c(N)ncnc12. The molecule has 2 saturated heterocycles. The average Bonchev–Trinajstić information content (AvgIpc) is 3.81. The molecule has 6 heterocycles. The molecule has 0 bridgehead atoms. The molecule has 8 atom stereocenters. The van der Waals surface area contributed by atoms with Crippen molar-refractivity contribution in [1.82, 2.24) is 30.2 Å². The second-order valence-electron chi connectivity index (χ2n) is 11.6. The van der Waals surface area contributed by atoms with E-state index in [1.807, 2.05) is 30.3 Å². The fourth-order valence-corrected chi connectivity index (χ4v) is 5.70. The number of benzene rings is 1. The molecule has 2 fully saturated rings. The van der Waals surface area contributed by atoms with Crippen LogP contribution >= 0.6 is 0 Å². The number of nitrogens with zero attached hydrogens (tertiary/aromatic N) is 6. The summed E-state index contributed by atoms with van der Waals surface area (Å²) in [5, 5.41) is 57.7. The molecule has 2 unspecified atom stereocenters. The monoisotopic (exact) mass is 654 g/mol. The highest BCUT2D eigenvalue weighted by Gasteiger charge is 2.57. The second-order valence-corrected chi connectivity index (χ2v) is 11.6. The van der Waals surface area contributed by atoms with Crippen LogP contribution in [0, 0.1) is 0 Å². The first kappa shape index (κ1) is 32.5. The Labute approximate surface area is 265 Å². The Balaban J connectivity index is 0.000000172. The molecule has 18 nitrogen and oxygen atoms in total. The van der Waals surface area contributed by atoms with Gasteiger partial charge in [0.2, 0.25) is 11.2 Å². The van der Waals surface area contributed by atoms with Crippen molar-refractivity contribution >= 4 is 33.8 Å². The van der Waals surface area contributed by atoms with Crippen LogP contribution in [0.2, 0.25) is 0 Å². The van der Waals surface area contributed by atoms with Crippen LogP contribution in [0.15, 0.2) is 52.0 Å². The van der Waals surface area contributed by atoms with Gasteiger partial charge in [-0.05, 0) is 19.4 Å². The van der Waals surface area contributed by atoms with Crippen LogP contribution in [0.3, 0.4) is 0 Å². The van der Waals surface area contributed by atoms with Crippen LogP contribution in [0.25, 0.3) is 22.2 Å². The fraction of sp³-hybridized carbons (Fsp3) is 0.448.